The maximum atomic E-state index is 6.04. The van der Waals surface area contributed by atoms with Gasteiger partial charge in [-0.05, 0) is 31.2 Å². The van der Waals surface area contributed by atoms with E-state index in [2.05, 4.69) is 15.0 Å². The van der Waals surface area contributed by atoms with Crippen molar-refractivity contribution >= 4 is 22.7 Å². The molecule has 0 atom stereocenters. The summed E-state index contributed by atoms with van der Waals surface area (Å²) in [5, 5.41) is 0. The third kappa shape index (κ3) is 2.76. The number of hydrogen-bond acceptors (Lipinski definition) is 5. The van der Waals surface area contributed by atoms with Crippen molar-refractivity contribution in [2.75, 3.05) is 17.7 Å². The molecule has 0 radical (unpaired) electrons. The predicted octanol–water partition coefficient (Wildman–Crippen LogP) is 2.55. The number of nitrogen functional groups attached to an aromatic ring is 1. The van der Waals surface area contributed by atoms with Crippen LogP contribution in [0, 0.1) is 6.92 Å². The first-order valence-electron chi connectivity index (χ1n) is 6.79. The first-order valence-corrected chi connectivity index (χ1v) is 6.79. The Morgan fingerprint density at radius 1 is 0.952 bits per heavy atom. The van der Waals surface area contributed by atoms with Crippen LogP contribution in [0.3, 0.4) is 0 Å². The lowest BCUT2D eigenvalue weighted by Gasteiger charge is -2.19. The Labute approximate surface area is 123 Å². The van der Waals surface area contributed by atoms with Gasteiger partial charge in [-0.2, -0.15) is 0 Å². The molecule has 0 saturated carbocycles. The molecule has 21 heavy (non-hydrogen) atoms. The molecule has 2 heterocycles. The van der Waals surface area contributed by atoms with Gasteiger partial charge in [0.15, 0.2) is 11.6 Å². The highest BCUT2D eigenvalue weighted by molar-refractivity contribution is 5.79. The summed E-state index contributed by atoms with van der Waals surface area (Å²) in [6.07, 6.45) is 0. The largest absolute Gasteiger partial charge is 0.381 e. The topological polar surface area (TPSA) is 67.9 Å². The second-order valence-electron chi connectivity index (χ2n) is 5.05. The maximum Gasteiger partial charge on any atom is 0.172 e. The van der Waals surface area contributed by atoms with Crippen molar-refractivity contribution in [3.63, 3.8) is 0 Å². The molecule has 0 amide bonds. The van der Waals surface area contributed by atoms with Gasteiger partial charge in [0.2, 0.25) is 0 Å². The standard InChI is InChI=1S/C16H17N5/c1-11-6-5-7-12(18-11)10-21(2)16-15(17)19-13-8-3-4-9-14(13)20-16/h3-9H,10H2,1-2H3,(H2,17,19). The molecule has 2 aromatic heterocycles. The number of aryl methyl sites for hydroxylation is 1. The molecule has 3 aromatic rings. The summed E-state index contributed by atoms with van der Waals surface area (Å²) in [6.45, 7) is 2.62. The van der Waals surface area contributed by atoms with Crippen LogP contribution >= 0.6 is 0 Å². The number of nitrogens with two attached hydrogens (primary N) is 1. The molecule has 5 heteroatoms. The van der Waals surface area contributed by atoms with Gasteiger partial charge < -0.3 is 10.6 Å². The van der Waals surface area contributed by atoms with Crippen molar-refractivity contribution in [2.24, 2.45) is 0 Å². The lowest BCUT2D eigenvalue weighted by atomic mass is 10.3. The van der Waals surface area contributed by atoms with Gasteiger partial charge in [0.1, 0.15) is 0 Å². The van der Waals surface area contributed by atoms with Gasteiger partial charge in [-0.15, -0.1) is 0 Å². The minimum absolute atomic E-state index is 0.434. The van der Waals surface area contributed by atoms with E-state index in [0.29, 0.717) is 18.2 Å². The Kier molecular flexibility index (Phi) is 3.39. The van der Waals surface area contributed by atoms with E-state index < -0.39 is 0 Å². The van der Waals surface area contributed by atoms with Crippen LogP contribution in [0.4, 0.5) is 11.6 Å². The number of benzene rings is 1. The Morgan fingerprint density at radius 2 is 1.67 bits per heavy atom. The van der Waals surface area contributed by atoms with Crippen LogP contribution in [0.5, 0.6) is 0 Å². The minimum Gasteiger partial charge on any atom is -0.381 e. The van der Waals surface area contributed by atoms with Gasteiger partial charge in [-0.1, -0.05) is 18.2 Å². The van der Waals surface area contributed by atoms with Crippen molar-refractivity contribution in [1.29, 1.82) is 0 Å². The average Bonchev–Trinajstić information content (AvgIpc) is 2.46. The van der Waals surface area contributed by atoms with E-state index in [1.165, 1.54) is 0 Å². The normalized spacial score (nSPS) is 10.8. The van der Waals surface area contributed by atoms with Gasteiger partial charge in [0, 0.05) is 12.7 Å². The minimum atomic E-state index is 0.434. The molecule has 106 valence electrons. The first kappa shape index (κ1) is 13.3. The number of rotatable bonds is 3. The second-order valence-corrected chi connectivity index (χ2v) is 5.05. The van der Waals surface area contributed by atoms with Gasteiger partial charge in [-0.3, -0.25) is 4.98 Å². The van der Waals surface area contributed by atoms with Crippen LogP contribution in [0.15, 0.2) is 42.5 Å². The number of fused-ring (bicyclic) bond motifs is 1. The smallest absolute Gasteiger partial charge is 0.172 e. The van der Waals surface area contributed by atoms with E-state index in [1.807, 2.05) is 61.3 Å². The SMILES string of the molecule is Cc1cccc(CN(C)c2nc3ccccc3nc2N)n1. The molecule has 0 aliphatic carbocycles. The van der Waals surface area contributed by atoms with Crippen LogP contribution in [0.25, 0.3) is 11.0 Å². The lowest BCUT2D eigenvalue weighted by molar-refractivity contribution is 0.861. The number of nitrogens with zero attached hydrogens (tertiary/aromatic N) is 4. The average molecular weight is 279 g/mol. The van der Waals surface area contributed by atoms with Gasteiger partial charge in [0.05, 0.1) is 23.3 Å². The van der Waals surface area contributed by atoms with Gasteiger partial charge in [-0.25, -0.2) is 9.97 Å². The fourth-order valence-corrected chi connectivity index (χ4v) is 2.29. The molecule has 0 unspecified atom stereocenters. The third-order valence-electron chi connectivity index (χ3n) is 3.28. The molecule has 1 aromatic carbocycles. The molecule has 0 saturated heterocycles. The number of para-hydroxylation sites is 2. The first-order chi connectivity index (χ1) is 10.1. The summed E-state index contributed by atoms with van der Waals surface area (Å²) in [4.78, 5) is 15.5. The van der Waals surface area contributed by atoms with Crippen LogP contribution in [-0.2, 0) is 6.54 Å². The van der Waals surface area contributed by atoms with E-state index >= 15 is 0 Å². The van der Waals surface area contributed by atoms with Crippen molar-refractivity contribution in [3.05, 3.63) is 53.9 Å². The summed E-state index contributed by atoms with van der Waals surface area (Å²) >= 11 is 0. The summed E-state index contributed by atoms with van der Waals surface area (Å²) in [6, 6.07) is 13.7. The second kappa shape index (κ2) is 5.36. The molecule has 0 fully saturated rings. The number of anilines is 2. The Hall–Kier alpha value is -2.69. The zero-order chi connectivity index (χ0) is 14.8. The Morgan fingerprint density at radius 3 is 2.38 bits per heavy atom. The van der Waals surface area contributed by atoms with Crippen molar-refractivity contribution in [1.82, 2.24) is 15.0 Å². The Balaban J connectivity index is 1.93. The van der Waals surface area contributed by atoms with E-state index in [0.717, 1.165) is 22.4 Å². The molecule has 2 N–H and O–H groups in total. The number of pyridine rings is 1. The van der Waals surface area contributed by atoms with Crippen molar-refractivity contribution in [3.8, 4) is 0 Å². The van der Waals surface area contributed by atoms with Crippen LogP contribution < -0.4 is 10.6 Å². The van der Waals surface area contributed by atoms with Crippen molar-refractivity contribution < 1.29 is 0 Å². The summed E-state index contributed by atoms with van der Waals surface area (Å²) in [5.74, 6) is 1.11. The van der Waals surface area contributed by atoms with E-state index in [-0.39, 0.29) is 0 Å². The van der Waals surface area contributed by atoms with Crippen molar-refractivity contribution in [2.45, 2.75) is 13.5 Å². The highest BCUT2D eigenvalue weighted by atomic mass is 15.2. The molecular formula is C16H17N5. The monoisotopic (exact) mass is 279 g/mol. The summed E-state index contributed by atoms with van der Waals surface area (Å²) in [5.41, 5.74) is 9.66. The fourth-order valence-electron chi connectivity index (χ4n) is 2.29. The quantitative estimate of drug-likeness (QED) is 0.798. The highest BCUT2D eigenvalue weighted by Crippen LogP contribution is 2.22. The fraction of sp³-hybridized carbons (Fsp3) is 0.188. The lowest BCUT2D eigenvalue weighted by Crippen LogP contribution is -2.20. The number of hydrogen-bond donors (Lipinski definition) is 1. The van der Waals surface area contributed by atoms with E-state index in [1.54, 1.807) is 0 Å². The van der Waals surface area contributed by atoms with Gasteiger partial charge in [0.25, 0.3) is 0 Å². The highest BCUT2D eigenvalue weighted by Gasteiger charge is 2.11. The summed E-state index contributed by atoms with van der Waals surface area (Å²) < 4.78 is 0. The zero-order valence-electron chi connectivity index (χ0n) is 12.1. The predicted molar refractivity (Wildman–Crippen MR) is 85.0 cm³/mol. The molecule has 0 aliphatic heterocycles. The molecule has 5 nitrogen and oxygen atoms in total. The maximum absolute atomic E-state index is 6.04. The van der Waals surface area contributed by atoms with E-state index in [9.17, 15) is 0 Å². The van der Waals surface area contributed by atoms with E-state index in [4.69, 9.17) is 5.73 Å². The third-order valence-corrected chi connectivity index (χ3v) is 3.28. The van der Waals surface area contributed by atoms with Crippen LogP contribution in [0.2, 0.25) is 0 Å². The van der Waals surface area contributed by atoms with Crippen LogP contribution in [0.1, 0.15) is 11.4 Å². The summed E-state index contributed by atoms with van der Waals surface area (Å²) in [7, 11) is 1.94. The van der Waals surface area contributed by atoms with Gasteiger partial charge >= 0.3 is 0 Å². The number of aromatic nitrogens is 3. The zero-order valence-corrected chi connectivity index (χ0v) is 12.1. The molecular weight excluding hydrogens is 262 g/mol. The molecule has 3 rings (SSSR count). The molecule has 0 aliphatic rings. The van der Waals surface area contributed by atoms with Crippen LogP contribution in [-0.4, -0.2) is 22.0 Å². The molecule has 0 bridgehead atoms. The Bertz CT molecular complexity index is 784. The molecule has 0 spiro atoms.